The van der Waals surface area contributed by atoms with Gasteiger partial charge >= 0.3 is 0 Å². The van der Waals surface area contributed by atoms with Crippen LogP contribution in [0.1, 0.15) is 32.5 Å². The number of rotatable bonds is 1. The van der Waals surface area contributed by atoms with Gasteiger partial charge in [-0.1, -0.05) is 36.4 Å². The Morgan fingerprint density at radius 1 is 0.792 bits per heavy atom. The van der Waals surface area contributed by atoms with Gasteiger partial charge in [-0.3, -0.25) is 9.59 Å². The van der Waals surface area contributed by atoms with Crippen molar-refractivity contribution in [1.82, 2.24) is 4.98 Å². The molecule has 4 aromatic rings. The molecule has 0 N–H and O–H groups in total. The molecule has 0 bridgehead atoms. The maximum absolute atomic E-state index is 12.8. The average molecular weight is 313 g/mol. The first-order valence-corrected chi connectivity index (χ1v) is 7.69. The molecular weight excluding hydrogens is 302 g/mol. The van der Waals surface area contributed by atoms with Gasteiger partial charge in [-0.15, -0.1) is 0 Å². The quantitative estimate of drug-likeness (QED) is 0.495. The normalized spacial score (nSPS) is 14.7. The Bertz CT molecular complexity index is 1070. The number of fused-ring (bicyclic) bond motifs is 3. The minimum absolute atomic E-state index is 0.173. The SMILES string of the molecule is O=C1c2cc3ccccc3cc2C(=O)C1c1nc2ccccc2o1. The fourth-order valence-corrected chi connectivity index (χ4v) is 3.32. The Kier molecular flexibility index (Phi) is 2.54. The molecule has 0 saturated heterocycles. The maximum atomic E-state index is 12.8. The van der Waals surface area contributed by atoms with Gasteiger partial charge in [-0.05, 0) is 35.0 Å². The maximum Gasteiger partial charge on any atom is 0.214 e. The zero-order valence-corrected chi connectivity index (χ0v) is 12.5. The molecule has 0 fully saturated rings. The lowest BCUT2D eigenvalue weighted by atomic mass is 10.0. The van der Waals surface area contributed by atoms with Crippen LogP contribution in [0.2, 0.25) is 0 Å². The van der Waals surface area contributed by atoms with Gasteiger partial charge < -0.3 is 4.42 Å². The van der Waals surface area contributed by atoms with Crippen molar-refractivity contribution >= 4 is 33.4 Å². The fourth-order valence-electron chi connectivity index (χ4n) is 3.32. The molecule has 0 saturated carbocycles. The summed E-state index contributed by atoms with van der Waals surface area (Å²) < 4.78 is 5.67. The van der Waals surface area contributed by atoms with Crippen LogP contribution >= 0.6 is 0 Å². The topological polar surface area (TPSA) is 60.2 Å². The lowest BCUT2D eigenvalue weighted by Gasteiger charge is -2.00. The second-order valence-electron chi connectivity index (χ2n) is 5.93. The fraction of sp³-hybridized carbons (Fsp3) is 0.0500. The van der Waals surface area contributed by atoms with Gasteiger partial charge in [0.15, 0.2) is 23.1 Å². The Balaban J connectivity index is 1.69. The number of Topliss-reactive ketones (excluding diaryl/α,β-unsaturated/α-hetero) is 2. The lowest BCUT2D eigenvalue weighted by Crippen LogP contribution is -2.13. The number of aromatic nitrogens is 1. The van der Waals surface area contributed by atoms with Gasteiger partial charge in [0, 0.05) is 11.1 Å². The predicted octanol–water partition coefficient (Wildman–Crippen LogP) is 4.14. The van der Waals surface area contributed by atoms with Gasteiger partial charge in [0.2, 0.25) is 5.89 Å². The molecule has 1 aliphatic carbocycles. The molecule has 1 heterocycles. The van der Waals surface area contributed by atoms with Gasteiger partial charge in [0.1, 0.15) is 5.52 Å². The molecule has 1 aliphatic rings. The predicted molar refractivity (Wildman–Crippen MR) is 89.4 cm³/mol. The van der Waals surface area contributed by atoms with Crippen LogP contribution in [-0.4, -0.2) is 16.6 Å². The molecule has 0 radical (unpaired) electrons. The van der Waals surface area contributed by atoms with Crippen molar-refractivity contribution in [2.75, 3.05) is 0 Å². The van der Waals surface area contributed by atoms with Crippen molar-refractivity contribution < 1.29 is 14.0 Å². The third-order valence-electron chi connectivity index (χ3n) is 4.50. The smallest absolute Gasteiger partial charge is 0.214 e. The van der Waals surface area contributed by atoms with E-state index in [1.807, 2.05) is 36.4 Å². The molecule has 0 amide bonds. The summed E-state index contributed by atoms with van der Waals surface area (Å²) in [6.07, 6.45) is 0. The number of oxazole rings is 1. The molecule has 4 nitrogen and oxygen atoms in total. The van der Waals surface area contributed by atoms with Crippen LogP contribution < -0.4 is 0 Å². The number of hydrogen-bond acceptors (Lipinski definition) is 4. The van der Waals surface area contributed by atoms with Gasteiger partial charge in [0.05, 0.1) is 0 Å². The summed E-state index contributed by atoms with van der Waals surface area (Å²) in [5.74, 6) is -1.30. The molecule has 0 aliphatic heterocycles. The van der Waals surface area contributed by atoms with Crippen LogP contribution in [0.5, 0.6) is 0 Å². The van der Waals surface area contributed by atoms with Crippen molar-refractivity contribution in [3.8, 4) is 0 Å². The van der Waals surface area contributed by atoms with E-state index in [2.05, 4.69) is 4.98 Å². The monoisotopic (exact) mass is 313 g/mol. The summed E-state index contributed by atoms with van der Waals surface area (Å²) in [6.45, 7) is 0. The number of ketones is 2. The zero-order valence-electron chi connectivity index (χ0n) is 12.5. The van der Waals surface area contributed by atoms with Crippen LogP contribution in [0.25, 0.3) is 21.9 Å². The van der Waals surface area contributed by atoms with E-state index in [1.165, 1.54) is 0 Å². The van der Waals surface area contributed by atoms with Crippen LogP contribution in [0.3, 0.4) is 0 Å². The highest BCUT2D eigenvalue weighted by Crippen LogP contribution is 2.36. The van der Waals surface area contributed by atoms with Crippen molar-refractivity contribution in [3.63, 3.8) is 0 Å². The van der Waals surface area contributed by atoms with Gasteiger partial charge in [-0.25, -0.2) is 4.98 Å². The zero-order chi connectivity index (χ0) is 16.3. The van der Waals surface area contributed by atoms with E-state index in [0.29, 0.717) is 22.2 Å². The van der Waals surface area contributed by atoms with E-state index in [9.17, 15) is 9.59 Å². The summed E-state index contributed by atoms with van der Waals surface area (Å²) in [4.78, 5) is 30.0. The number of benzene rings is 3. The Morgan fingerprint density at radius 3 is 2.00 bits per heavy atom. The largest absolute Gasteiger partial charge is 0.439 e. The Hall–Kier alpha value is -3.27. The molecule has 0 unspecified atom stereocenters. The molecule has 0 spiro atoms. The number of nitrogens with zero attached hydrogens (tertiary/aromatic N) is 1. The van der Waals surface area contributed by atoms with E-state index in [4.69, 9.17) is 4.42 Å². The van der Waals surface area contributed by atoms with Crippen LogP contribution in [0, 0.1) is 0 Å². The van der Waals surface area contributed by atoms with Gasteiger partial charge in [0.25, 0.3) is 0 Å². The summed E-state index contributed by atoms with van der Waals surface area (Å²) in [5, 5.41) is 1.88. The molecule has 5 rings (SSSR count). The standard InChI is InChI=1S/C20H11NO3/c22-18-13-9-11-5-1-2-6-12(11)10-14(13)19(23)17(18)20-21-15-7-3-4-8-16(15)24-20/h1-10,17H. The first kappa shape index (κ1) is 13.2. The van der Waals surface area contributed by atoms with E-state index in [0.717, 1.165) is 10.8 Å². The minimum Gasteiger partial charge on any atom is -0.439 e. The third-order valence-corrected chi connectivity index (χ3v) is 4.50. The van der Waals surface area contributed by atoms with Crippen molar-refractivity contribution in [3.05, 3.63) is 77.7 Å². The molecule has 24 heavy (non-hydrogen) atoms. The van der Waals surface area contributed by atoms with Gasteiger partial charge in [-0.2, -0.15) is 0 Å². The van der Waals surface area contributed by atoms with E-state index in [-0.39, 0.29) is 17.5 Å². The van der Waals surface area contributed by atoms with Crippen LogP contribution in [-0.2, 0) is 0 Å². The number of hydrogen-bond donors (Lipinski definition) is 0. The molecular formula is C20H11NO3. The highest BCUT2D eigenvalue weighted by atomic mass is 16.3. The Morgan fingerprint density at radius 2 is 1.38 bits per heavy atom. The van der Waals surface area contributed by atoms with Crippen molar-refractivity contribution in [2.45, 2.75) is 5.92 Å². The first-order chi connectivity index (χ1) is 11.7. The van der Waals surface area contributed by atoms with E-state index in [1.54, 1.807) is 24.3 Å². The highest BCUT2D eigenvalue weighted by Gasteiger charge is 2.43. The average Bonchev–Trinajstić information content (AvgIpc) is 3.13. The first-order valence-electron chi connectivity index (χ1n) is 7.69. The molecule has 4 heteroatoms. The van der Waals surface area contributed by atoms with Crippen molar-refractivity contribution in [2.24, 2.45) is 0 Å². The second kappa shape index (κ2) is 4.61. The number of carbonyl (C=O) groups is 2. The molecule has 0 atom stereocenters. The number of para-hydroxylation sites is 2. The van der Waals surface area contributed by atoms with Crippen LogP contribution in [0.4, 0.5) is 0 Å². The van der Waals surface area contributed by atoms with E-state index >= 15 is 0 Å². The molecule has 1 aromatic heterocycles. The number of carbonyl (C=O) groups excluding carboxylic acids is 2. The summed E-state index contributed by atoms with van der Waals surface area (Å²) in [6, 6.07) is 18.5. The van der Waals surface area contributed by atoms with Crippen molar-refractivity contribution in [1.29, 1.82) is 0 Å². The minimum atomic E-state index is -0.982. The second-order valence-corrected chi connectivity index (χ2v) is 5.93. The lowest BCUT2D eigenvalue weighted by molar-refractivity contribution is 0.0876. The van der Waals surface area contributed by atoms with E-state index < -0.39 is 5.92 Å². The summed E-state index contributed by atoms with van der Waals surface area (Å²) >= 11 is 0. The Labute approximate surface area is 136 Å². The molecule has 3 aromatic carbocycles. The summed E-state index contributed by atoms with van der Waals surface area (Å²) in [5.41, 5.74) is 2.13. The third kappa shape index (κ3) is 1.71. The molecule has 114 valence electrons. The van der Waals surface area contributed by atoms with Crippen LogP contribution in [0.15, 0.2) is 65.1 Å². The highest BCUT2D eigenvalue weighted by molar-refractivity contribution is 6.30. The summed E-state index contributed by atoms with van der Waals surface area (Å²) in [7, 11) is 0.